The molecule has 7 nitrogen and oxygen atoms in total. The maximum absolute atomic E-state index is 13.8. The van der Waals surface area contributed by atoms with E-state index >= 15 is 0 Å². The van der Waals surface area contributed by atoms with Crippen molar-refractivity contribution in [3.8, 4) is 5.69 Å². The number of amides is 2. The summed E-state index contributed by atoms with van der Waals surface area (Å²) in [4.78, 5) is 30.7. The highest BCUT2D eigenvalue weighted by Gasteiger charge is 2.26. The van der Waals surface area contributed by atoms with E-state index in [9.17, 15) is 14.0 Å². The third kappa shape index (κ3) is 6.42. The molecule has 0 saturated carbocycles. The van der Waals surface area contributed by atoms with Crippen LogP contribution >= 0.6 is 0 Å². The van der Waals surface area contributed by atoms with E-state index in [1.807, 2.05) is 34.1 Å². The van der Waals surface area contributed by atoms with Gasteiger partial charge in [0.1, 0.15) is 5.82 Å². The smallest absolute Gasteiger partial charge is 0.276 e. The highest BCUT2D eigenvalue weighted by molar-refractivity contribution is 5.95. The summed E-state index contributed by atoms with van der Waals surface area (Å²) in [6.07, 6.45) is 5.49. The number of rotatable bonds is 4. The first-order valence-electron chi connectivity index (χ1n) is 13.2. The molecule has 0 aliphatic carbocycles. The minimum absolute atomic E-state index is 0.121. The summed E-state index contributed by atoms with van der Waals surface area (Å²) in [6.45, 7) is 7.57. The molecule has 0 N–H and O–H groups in total. The predicted molar refractivity (Wildman–Crippen MR) is 142 cm³/mol. The predicted octanol–water partition coefficient (Wildman–Crippen LogP) is 5.70. The van der Waals surface area contributed by atoms with Crippen molar-refractivity contribution in [2.75, 3.05) is 18.0 Å². The van der Waals surface area contributed by atoms with E-state index in [0.717, 1.165) is 43.4 Å². The Morgan fingerprint density at radius 3 is 2.35 bits per heavy atom. The van der Waals surface area contributed by atoms with Gasteiger partial charge in [-0.3, -0.25) is 9.59 Å². The van der Waals surface area contributed by atoms with Gasteiger partial charge in [-0.05, 0) is 61.6 Å². The molecule has 1 aromatic heterocycles. The summed E-state index contributed by atoms with van der Waals surface area (Å²) in [5.41, 5.74) is 3.34. The van der Waals surface area contributed by atoms with Crippen LogP contribution in [0.25, 0.3) is 5.69 Å². The first-order chi connectivity index (χ1) is 17.8. The molecule has 0 radical (unpaired) electrons. The van der Waals surface area contributed by atoms with Crippen molar-refractivity contribution >= 4 is 17.5 Å². The highest BCUT2D eigenvalue weighted by atomic mass is 19.1. The largest absolute Gasteiger partial charge is 0.333 e. The lowest BCUT2D eigenvalue weighted by molar-refractivity contribution is -0.119. The molecule has 37 heavy (non-hydrogen) atoms. The minimum atomic E-state index is -0.336. The summed E-state index contributed by atoms with van der Waals surface area (Å²) < 4.78 is 15.0. The molecule has 0 fully saturated rings. The number of carbonyl (C=O) groups excluding carboxylic acids is 2. The number of nitrogens with zero attached hydrogens (tertiary/aromatic N) is 5. The molecule has 0 unspecified atom stereocenters. The molecule has 1 aliphatic heterocycles. The lowest BCUT2D eigenvalue weighted by atomic mass is 10.0. The first-order valence-corrected chi connectivity index (χ1v) is 13.2. The number of carbonyl (C=O) groups is 2. The fraction of sp³-hybridized carbons (Fsp3) is 0.448. The Labute approximate surface area is 218 Å². The third-order valence-corrected chi connectivity index (χ3v) is 6.79. The van der Waals surface area contributed by atoms with Crippen LogP contribution in [-0.2, 0) is 11.3 Å². The van der Waals surface area contributed by atoms with Crippen LogP contribution in [0.1, 0.15) is 74.1 Å². The Balaban J connectivity index is 1.65. The summed E-state index contributed by atoms with van der Waals surface area (Å²) in [6, 6.07) is 13.8. The highest BCUT2D eigenvalue weighted by Crippen LogP contribution is 2.26. The number of hydrogen-bond acceptors (Lipinski definition) is 4. The van der Waals surface area contributed by atoms with Crippen molar-refractivity contribution in [3.63, 3.8) is 0 Å². The van der Waals surface area contributed by atoms with Gasteiger partial charge in [0.2, 0.25) is 5.91 Å². The maximum atomic E-state index is 13.8. The average Bonchev–Trinajstić information content (AvgIpc) is 3.25. The molecule has 4 rings (SSSR count). The van der Waals surface area contributed by atoms with Crippen LogP contribution in [0.3, 0.4) is 0 Å². The minimum Gasteiger partial charge on any atom is -0.333 e. The lowest BCUT2D eigenvalue weighted by Gasteiger charge is -2.29. The third-order valence-electron chi connectivity index (χ3n) is 6.79. The van der Waals surface area contributed by atoms with Crippen molar-refractivity contribution in [2.45, 2.75) is 65.8 Å². The second-order valence-corrected chi connectivity index (χ2v) is 10.2. The summed E-state index contributed by atoms with van der Waals surface area (Å²) in [7, 11) is 0. The number of para-hydroxylation sites is 1. The second kappa shape index (κ2) is 12.1. The van der Waals surface area contributed by atoms with Crippen LogP contribution in [0.2, 0.25) is 0 Å². The molecule has 196 valence electrons. The van der Waals surface area contributed by atoms with E-state index in [4.69, 9.17) is 0 Å². The van der Waals surface area contributed by atoms with Crippen molar-refractivity contribution in [1.82, 2.24) is 19.9 Å². The Morgan fingerprint density at radius 2 is 1.62 bits per heavy atom. The molecule has 8 heteroatoms. The van der Waals surface area contributed by atoms with Crippen LogP contribution in [0.5, 0.6) is 0 Å². The van der Waals surface area contributed by atoms with Crippen LogP contribution < -0.4 is 4.90 Å². The zero-order valence-corrected chi connectivity index (χ0v) is 22.0. The monoisotopic (exact) mass is 505 g/mol. The molecular weight excluding hydrogens is 469 g/mol. The summed E-state index contributed by atoms with van der Waals surface area (Å²) >= 11 is 0. The van der Waals surface area contributed by atoms with Gasteiger partial charge >= 0.3 is 0 Å². The van der Waals surface area contributed by atoms with Gasteiger partial charge in [0, 0.05) is 31.7 Å². The summed E-state index contributed by atoms with van der Waals surface area (Å²) in [5, 5.41) is 8.40. The number of anilines is 1. The SMILES string of the molecule is Cc1c(C(=O)N2CCCCCCCN(C(=O)CC(C)C)c3ccccc3C2)nnn1-c1ccc(F)cc1. The normalized spacial score (nSPS) is 15.2. The number of halogens is 1. The van der Waals surface area contributed by atoms with Gasteiger partial charge in [-0.25, -0.2) is 9.07 Å². The average molecular weight is 506 g/mol. The Morgan fingerprint density at radius 1 is 0.946 bits per heavy atom. The fourth-order valence-corrected chi connectivity index (χ4v) is 4.81. The second-order valence-electron chi connectivity index (χ2n) is 10.2. The van der Waals surface area contributed by atoms with Gasteiger partial charge in [-0.15, -0.1) is 5.10 Å². The van der Waals surface area contributed by atoms with E-state index in [1.165, 1.54) is 12.1 Å². The number of fused-ring (bicyclic) bond motifs is 1. The van der Waals surface area contributed by atoms with Gasteiger partial charge in [0.15, 0.2) is 5.69 Å². The number of hydrogen-bond donors (Lipinski definition) is 0. The van der Waals surface area contributed by atoms with Gasteiger partial charge in [0.25, 0.3) is 5.91 Å². The molecule has 0 atom stereocenters. The van der Waals surface area contributed by atoms with Gasteiger partial charge in [-0.2, -0.15) is 0 Å². The van der Waals surface area contributed by atoms with E-state index in [0.29, 0.717) is 37.4 Å². The Hall–Kier alpha value is -3.55. The van der Waals surface area contributed by atoms with Crippen LogP contribution in [0.4, 0.5) is 10.1 Å². The van der Waals surface area contributed by atoms with Gasteiger partial charge in [-0.1, -0.05) is 56.5 Å². The molecule has 2 aromatic carbocycles. The molecule has 1 aliphatic rings. The molecule has 0 saturated heterocycles. The first kappa shape index (κ1) is 26.5. The van der Waals surface area contributed by atoms with Crippen LogP contribution in [-0.4, -0.2) is 44.8 Å². The lowest BCUT2D eigenvalue weighted by Crippen LogP contribution is -2.36. The van der Waals surface area contributed by atoms with Gasteiger partial charge in [0.05, 0.1) is 11.4 Å². The zero-order valence-electron chi connectivity index (χ0n) is 22.0. The van der Waals surface area contributed by atoms with Crippen molar-refractivity contribution in [1.29, 1.82) is 0 Å². The van der Waals surface area contributed by atoms with Crippen molar-refractivity contribution < 1.29 is 14.0 Å². The maximum Gasteiger partial charge on any atom is 0.276 e. The van der Waals surface area contributed by atoms with E-state index < -0.39 is 0 Å². The fourth-order valence-electron chi connectivity index (χ4n) is 4.81. The number of benzene rings is 2. The number of aromatic nitrogens is 3. The van der Waals surface area contributed by atoms with E-state index in [2.05, 4.69) is 24.2 Å². The molecule has 2 amide bonds. The van der Waals surface area contributed by atoms with Gasteiger partial charge < -0.3 is 9.80 Å². The van der Waals surface area contributed by atoms with Crippen molar-refractivity contribution in [2.24, 2.45) is 5.92 Å². The molecular formula is C29H36FN5O2. The van der Waals surface area contributed by atoms with E-state index in [1.54, 1.807) is 23.7 Å². The molecule has 3 aromatic rings. The summed E-state index contributed by atoms with van der Waals surface area (Å²) in [5.74, 6) is -0.143. The molecule has 0 bridgehead atoms. The van der Waals surface area contributed by atoms with E-state index in [-0.39, 0.29) is 29.2 Å². The Bertz CT molecular complexity index is 1220. The van der Waals surface area contributed by atoms with Crippen LogP contribution in [0, 0.1) is 18.7 Å². The zero-order chi connectivity index (χ0) is 26.4. The Kier molecular flexibility index (Phi) is 8.69. The quantitative estimate of drug-likeness (QED) is 0.456. The van der Waals surface area contributed by atoms with Crippen molar-refractivity contribution in [3.05, 3.63) is 71.3 Å². The topological polar surface area (TPSA) is 71.3 Å². The molecule has 2 heterocycles. The molecule has 0 spiro atoms. The standard InChI is InChI=1S/C29H36FN5O2/c1-21(2)19-27(36)34-18-10-6-4-5-9-17-33(20-23-11-7-8-12-26(23)34)29(37)28-22(3)35(32-31-28)25-15-13-24(30)14-16-25/h7-8,11-16,21H,4-6,9-10,17-20H2,1-3H3. The van der Waals surface area contributed by atoms with Crippen LogP contribution in [0.15, 0.2) is 48.5 Å².